The lowest BCUT2D eigenvalue weighted by molar-refractivity contribution is 0.249. The first-order valence-electron chi connectivity index (χ1n) is 5.20. The molecule has 1 aromatic heterocycles. The fraction of sp³-hybridized carbons (Fsp3) is 0.545. The standard InChI is InChI=1S/C11H19N3O/c1-8(2)10(7-15)14-11-5-3-4-9(6-12)13-11/h3-5,8,10,15H,6-7,12H2,1-2H3,(H,13,14)/t10-/m1/s1. The maximum atomic E-state index is 9.17. The van der Waals surface area contributed by atoms with E-state index in [1.54, 1.807) is 0 Å². The van der Waals surface area contributed by atoms with Gasteiger partial charge in [0.25, 0.3) is 0 Å². The normalized spacial score (nSPS) is 12.9. The molecule has 1 rings (SSSR count). The molecule has 0 amide bonds. The summed E-state index contributed by atoms with van der Waals surface area (Å²) in [6.45, 7) is 4.65. The second-order valence-corrected chi connectivity index (χ2v) is 3.90. The number of nitrogens with two attached hydrogens (primary N) is 1. The van der Waals surface area contributed by atoms with E-state index >= 15 is 0 Å². The van der Waals surface area contributed by atoms with Crippen molar-refractivity contribution >= 4 is 5.82 Å². The van der Waals surface area contributed by atoms with Crippen LogP contribution in [0.1, 0.15) is 19.5 Å². The smallest absolute Gasteiger partial charge is 0.126 e. The molecule has 1 aromatic rings. The third-order valence-corrected chi connectivity index (χ3v) is 2.35. The Kier molecular flexibility index (Phi) is 4.52. The summed E-state index contributed by atoms with van der Waals surface area (Å²) in [7, 11) is 0. The second-order valence-electron chi connectivity index (χ2n) is 3.90. The average molecular weight is 209 g/mol. The fourth-order valence-electron chi connectivity index (χ4n) is 1.29. The van der Waals surface area contributed by atoms with Crippen LogP contribution in [0, 0.1) is 5.92 Å². The van der Waals surface area contributed by atoms with Crippen molar-refractivity contribution < 1.29 is 5.11 Å². The number of anilines is 1. The third kappa shape index (κ3) is 3.49. The molecule has 1 heterocycles. The molecule has 0 unspecified atom stereocenters. The minimum absolute atomic E-state index is 0.0329. The van der Waals surface area contributed by atoms with Crippen LogP contribution in [-0.2, 0) is 6.54 Å². The van der Waals surface area contributed by atoms with E-state index in [2.05, 4.69) is 24.1 Å². The Labute approximate surface area is 90.5 Å². The summed E-state index contributed by atoms with van der Waals surface area (Å²) in [4.78, 5) is 4.31. The molecule has 0 spiro atoms. The van der Waals surface area contributed by atoms with E-state index in [0.717, 1.165) is 11.5 Å². The van der Waals surface area contributed by atoms with Gasteiger partial charge in [0.2, 0.25) is 0 Å². The number of nitrogens with zero attached hydrogens (tertiary/aromatic N) is 1. The van der Waals surface area contributed by atoms with Crippen LogP contribution in [0.25, 0.3) is 0 Å². The van der Waals surface area contributed by atoms with Gasteiger partial charge in [-0.1, -0.05) is 19.9 Å². The van der Waals surface area contributed by atoms with Crippen molar-refractivity contribution in [1.82, 2.24) is 4.98 Å². The summed E-state index contributed by atoms with van der Waals surface area (Å²) in [6.07, 6.45) is 0. The summed E-state index contributed by atoms with van der Waals surface area (Å²) in [5, 5.41) is 12.4. The Bertz CT molecular complexity index is 302. The molecular formula is C11H19N3O. The van der Waals surface area contributed by atoms with Crippen molar-refractivity contribution in [2.75, 3.05) is 11.9 Å². The van der Waals surface area contributed by atoms with Crippen molar-refractivity contribution in [3.05, 3.63) is 23.9 Å². The van der Waals surface area contributed by atoms with Crippen LogP contribution in [-0.4, -0.2) is 22.7 Å². The van der Waals surface area contributed by atoms with E-state index in [1.165, 1.54) is 0 Å². The fourth-order valence-corrected chi connectivity index (χ4v) is 1.29. The first kappa shape index (κ1) is 11.9. The Morgan fingerprint density at radius 2 is 2.20 bits per heavy atom. The monoisotopic (exact) mass is 209 g/mol. The van der Waals surface area contributed by atoms with Crippen molar-refractivity contribution in [1.29, 1.82) is 0 Å². The van der Waals surface area contributed by atoms with Crippen LogP contribution in [0.3, 0.4) is 0 Å². The number of hydrogen-bond donors (Lipinski definition) is 3. The molecule has 0 fully saturated rings. The van der Waals surface area contributed by atoms with Gasteiger partial charge in [-0.3, -0.25) is 0 Å². The van der Waals surface area contributed by atoms with Crippen molar-refractivity contribution in [2.45, 2.75) is 26.4 Å². The van der Waals surface area contributed by atoms with Crippen LogP contribution in [0.5, 0.6) is 0 Å². The van der Waals surface area contributed by atoms with Gasteiger partial charge in [0, 0.05) is 6.54 Å². The van der Waals surface area contributed by atoms with Crippen LogP contribution in [0.2, 0.25) is 0 Å². The molecule has 15 heavy (non-hydrogen) atoms. The topological polar surface area (TPSA) is 71.2 Å². The van der Waals surface area contributed by atoms with E-state index < -0.39 is 0 Å². The van der Waals surface area contributed by atoms with Gasteiger partial charge in [-0.2, -0.15) is 0 Å². The zero-order valence-corrected chi connectivity index (χ0v) is 9.27. The maximum Gasteiger partial charge on any atom is 0.126 e. The molecule has 84 valence electrons. The molecular weight excluding hydrogens is 190 g/mol. The number of hydrogen-bond acceptors (Lipinski definition) is 4. The van der Waals surface area contributed by atoms with Gasteiger partial charge in [-0.15, -0.1) is 0 Å². The molecule has 4 nitrogen and oxygen atoms in total. The maximum absolute atomic E-state index is 9.17. The highest BCUT2D eigenvalue weighted by atomic mass is 16.3. The summed E-state index contributed by atoms with van der Waals surface area (Å²) >= 11 is 0. The summed E-state index contributed by atoms with van der Waals surface area (Å²) in [5.74, 6) is 1.13. The van der Waals surface area contributed by atoms with E-state index in [-0.39, 0.29) is 12.6 Å². The summed E-state index contributed by atoms with van der Waals surface area (Å²) in [6, 6.07) is 5.70. The van der Waals surface area contributed by atoms with Gasteiger partial charge in [-0.05, 0) is 18.1 Å². The average Bonchev–Trinajstić information content (AvgIpc) is 2.25. The summed E-state index contributed by atoms with van der Waals surface area (Å²) < 4.78 is 0. The Hall–Kier alpha value is -1.13. The number of aromatic nitrogens is 1. The number of rotatable bonds is 5. The lowest BCUT2D eigenvalue weighted by atomic mass is 10.1. The molecule has 1 atom stereocenters. The molecule has 0 radical (unpaired) electrons. The predicted octanol–water partition coefficient (Wildman–Crippen LogP) is 0.969. The zero-order chi connectivity index (χ0) is 11.3. The van der Waals surface area contributed by atoms with Crippen molar-refractivity contribution in [3.63, 3.8) is 0 Å². The first-order chi connectivity index (χ1) is 7.17. The molecule has 0 aliphatic heterocycles. The minimum Gasteiger partial charge on any atom is -0.394 e. The molecule has 4 heteroatoms. The Morgan fingerprint density at radius 3 is 2.73 bits per heavy atom. The largest absolute Gasteiger partial charge is 0.394 e. The Balaban J connectivity index is 2.70. The van der Waals surface area contributed by atoms with E-state index in [4.69, 9.17) is 10.8 Å². The van der Waals surface area contributed by atoms with Gasteiger partial charge < -0.3 is 16.2 Å². The quantitative estimate of drug-likeness (QED) is 0.675. The van der Waals surface area contributed by atoms with Gasteiger partial charge in [-0.25, -0.2) is 4.98 Å². The van der Waals surface area contributed by atoms with Gasteiger partial charge >= 0.3 is 0 Å². The van der Waals surface area contributed by atoms with Crippen molar-refractivity contribution in [3.8, 4) is 0 Å². The van der Waals surface area contributed by atoms with Crippen LogP contribution in [0.4, 0.5) is 5.82 Å². The van der Waals surface area contributed by atoms with E-state index in [0.29, 0.717) is 12.5 Å². The molecule has 0 saturated carbocycles. The highest BCUT2D eigenvalue weighted by Crippen LogP contribution is 2.10. The first-order valence-corrected chi connectivity index (χ1v) is 5.20. The minimum atomic E-state index is 0.0329. The van der Waals surface area contributed by atoms with Gasteiger partial charge in [0.05, 0.1) is 18.3 Å². The lowest BCUT2D eigenvalue weighted by Crippen LogP contribution is -2.29. The van der Waals surface area contributed by atoms with Gasteiger partial charge in [0.1, 0.15) is 5.82 Å². The predicted molar refractivity (Wildman–Crippen MR) is 61.5 cm³/mol. The second kappa shape index (κ2) is 5.68. The van der Waals surface area contributed by atoms with Crippen molar-refractivity contribution in [2.24, 2.45) is 11.7 Å². The van der Waals surface area contributed by atoms with E-state index in [9.17, 15) is 0 Å². The lowest BCUT2D eigenvalue weighted by Gasteiger charge is -2.20. The SMILES string of the molecule is CC(C)[C@@H](CO)Nc1cccc(CN)n1. The highest BCUT2D eigenvalue weighted by Gasteiger charge is 2.11. The molecule has 0 bridgehead atoms. The molecule has 4 N–H and O–H groups in total. The van der Waals surface area contributed by atoms with Crippen LogP contribution in [0.15, 0.2) is 18.2 Å². The van der Waals surface area contributed by atoms with E-state index in [1.807, 2.05) is 18.2 Å². The number of nitrogens with one attached hydrogen (secondary N) is 1. The van der Waals surface area contributed by atoms with Gasteiger partial charge in [0.15, 0.2) is 0 Å². The zero-order valence-electron chi connectivity index (χ0n) is 9.27. The number of pyridine rings is 1. The third-order valence-electron chi connectivity index (χ3n) is 2.35. The number of aliphatic hydroxyl groups excluding tert-OH is 1. The van der Waals surface area contributed by atoms with Crippen LogP contribution < -0.4 is 11.1 Å². The summed E-state index contributed by atoms with van der Waals surface area (Å²) in [5.41, 5.74) is 6.35. The molecule has 0 saturated heterocycles. The molecule has 0 aliphatic rings. The molecule has 0 aliphatic carbocycles. The number of aliphatic hydroxyl groups is 1. The van der Waals surface area contributed by atoms with Crippen LogP contribution >= 0.6 is 0 Å². The molecule has 0 aromatic carbocycles. The highest BCUT2D eigenvalue weighted by molar-refractivity contribution is 5.36. The Morgan fingerprint density at radius 1 is 1.47 bits per heavy atom.